The van der Waals surface area contributed by atoms with Crippen molar-refractivity contribution in [1.82, 2.24) is 9.55 Å². The molecule has 1 unspecified atom stereocenters. The Kier molecular flexibility index (Phi) is 5.14. The molecule has 0 spiro atoms. The van der Waals surface area contributed by atoms with Crippen LogP contribution < -0.4 is 4.74 Å². The lowest BCUT2D eigenvalue weighted by Gasteiger charge is -2.23. The molecule has 0 bridgehead atoms. The number of para-hydroxylation sites is 2. The molecule has 5 rings (SSSR count). The zero-order chi connectivity index (χ0) is 21.2. The average Bonchev–Trinajstić information content (AvgIpc) is 3.20. The van der Waals surface area contributed by atoms with Crippen molar-refractivity contribution in [1.29, 1.82) is 0 Å². The standard InChI is InChI=1S/C25H22N2O4/c28-25(29)20-8-2-1-7-19(20)24-26-21-9-3-4-10-22(21)27(24)17-12-14-18(15-13-17)31-23-11-5-6-16-30-23/h1-4,7-10,12-15,23H,5-6,11,16H2,(H,28,29). The topological polar surface area (TPSA) is 73.6 Å². The summed E-state index contributed by atoms with van der Waals surface area (Å²) in [6, 6.07) is 22.5. The minimum Gasteiger partial charge on any atom is -0.478 e. The Hall–Kier alpha value is -3.64. The second-order valence-electron chi connectivity index (χ2n) is 7.52. The first-order chi connectivity index (χ1) is 15.2. The van der Waals surface area contributed by atoms with Gasteiger partial charge in [0.25, 0.3) is 0 Å². The molecular formula is C25H22N2O4. The fourth-order valence-corrected chi connectivity index (χ4v) is 3.96. The number of fused-ring (bicyclic) bond motifs is 1. The monoisotopic (exact) mass is 414 g/mol. The highest BCUT2D eigenvalue weighted by Gasteiger charge is 2.20. The van der Waals surface area contributed by atoms with Crippen molar-refractivity contribution in [2.45, 2.75) is 25.6 Å². The van der Waals surface area contributed by atoms with E-state index in [4.69, 9.17) is 14.5 Å². The number of aromatic nitrogens is 2. The van der Waals surface area contributed by atoms with Crippen LogP contribution >= 0.6 is 0 Å². The van der Waals surface area contributed by atoms with E-state index in [2.05, 4.69) is 0 Å². The first kappa shape index (κ1) is 19.3. The average molecular weight is 414 g/mol. The van der Waals surface area contributed by atoms with Crippen molar-refractivity contribution in [2.75, 3.05) is 6.61 Å². The Bertz CT molecular complexity index is 1220. The summed E-state index contributed by atoms with van der Waals surface area (Å²) >= 11 is 0. The highest BCUT2D eigenvalue weighted by Crippen LogP contribution is 2.31. The Morgan fingerprint density at radius 3 is 2.55 bits per heavy atom. The number of rotatable bonds is 5. The molecule has 1 atom stereocenters. The summed E-state index contributed by atoms with van der Waals surface area (Å²) in [4.78, 5) is 16.6. The maximum absolute atomic E-state index is 11.8. The summed E-state index contributed by atoms with van der Waals surface area (Å²) in [5, 5.41) is 9.69. The van der Waals surface area contributed by atoms with Crippen LogP contribution in [0, 0.1) is 0 Å². The third-order valence-corrected chi connectivity index (χ3v) is 5.46. The zero-order valence-electron chi connectivity index (χ0n) is 16.9. The molecule has 0 amide bonds. The minimum atomic E-state index is -0.981. The van der Waals surface area contributed by atoms with Gasteiger partial charge in [-0.1, -0.05) is 30.3 Å². The largest absolute Gasteiger partial charge is 0.478 e. The van der Waals surface area contributed by atoms with E-state index in [0.29, 0.717) is 11.4 Å². The van der Waals surface area contributed by atoms with Gasteiger partial charge in [0.1, 0.15) is 11.6 Å². The first-order valence-corrected chi connectivity index (χ1v) is 10.4. The second kappa shape index (κ2) is 8.24. The second-order valence-corrected chi connectivity index (χ2v) is 7.52. The van der Waals surface area contributed by atoms with Crippen molar-refractivity contribution in [3.63, 3.8) is 0 Å². The minimum absolute atomic E-state index is 0.202. The molecule has 1 N–H and O–H groups in total. The van der Waals surface area contributed by atoms with Crippen molar-refractivity contribution >= 4 is 17.0 Å². The van der Waals surface area contributed by atoms with E-state index in [1.165, 1.54) is 0 Å². The quantitative estimate of drug-likeness (QED) is 0.480. The highest BCUT2D eigenvalue weighted by molar-refractivity contribution is 5.96. The van der Waals surface area contributed by atoms with Gasteiger partial charge >= 0.3 is 5.97 Å². The molecule has 1 fully saturated rings. The van der Waals surface area contributed by atoms with Gasteiger partial charge in [-0.2, -0.15) is 0 Å². The molecule has 1 aliphatic heterocycles. The van der Waals surface area contributed by atoms with E-state index < -0.39 is 5.97 Å². The molecular weight excluding hydrogens is 392 g/mol. The molecule has 4 aromatic rings. The highest BCUT2D eigenvalue weighted by atomic mass is 16.7. The number of carbonyl (C=O) groups is 1. The smallest absolute Gasteiger partial charge is 0.336 e. The maximum atomic E-state index is 11.8. The van der Waals surface area contributed by atoms with Crippen LogP contribution in [0.1, 0.15) is 29.6 Å². The van der Waals surface area contributed by atoms with Gasteiger partial charge in [-0.05, 0) is 55.3 Å². The van der Waals surface area contributed by atoms with Gasteiger partial charge in [0.05, 0.1) is 23.2 Å². The van der Waals surface area contributed by atoms with E-state index in [-0.39, 0.29) is 11.9 Å². The van der Waals surface area contributed by atoms with Crippen molar-refractivity contribution < 1.29 is 19.4 Å². The van der Waals surface area contributed by atoms with Gasteiger partial charge in [-0.15, -0.1) is 0 Å². The van der Waals surface area contributed by atoms with Crippen molar-refractivity contribution in [3.05, 3.63) is 78.4 Å². The molecule has 156 valence electrons. The number of carboxylic acids is 1. The van der Waals surface area contributed by atoms with Crippen molar-refractivity contribution in [2.24, 2.45) is 0 Å². The summed E-state index contributed by atoms with van der Waals surface area (Å²) < 4.78 is 13.6. The van der Waals surface area contributed by atoms with Crippen LogP contribution in [-0.2, 0) is 4.74 Å². The molecule has 0 radical (unpaired) electrons. The van der Waals surface area contributed by atoms with Crippen LogP contribution in [0.4, 0.5) is 0 Å². The lowest BCUT2D eigenvalue weighted by molar-refractivity contribution is -0.105. The molecule has 1 saturated heterocycles. The fourth-order valence-electron chi connectivity index (χ4n) is 3.96. The van der Waals surface area contributed by atoms with E-state index in [1.54, 1.807) is 18.2 Å². The van der Waals surface area contributed by atoms with Gasteiger partial charge in [0.2, 0.25) is 0 Å². The van der Waals surface area contributed by atoms with Crippen LogP contribution in [0.25, 0.3) is 28.1 Å². The Labute approximate surface area is 179 Å². The Morgan fingerprint density at radius 1 is 1.00 bits per heavy atom. The number of ether oxygens (including phenoxy) is 2. The summed E-state index contributed by atoms with van der Waals surface area (Å²) in [6.45, 7) is 0.732. The van der Waals surface area contributed by atoms with Crippen LogP contribution in [0.3, 0.4) is 0 Å². The van der Waals surface area contributed by atoms with Gasteiger partial charge in [-0.25, -0.2) is 9.78 Å². The van der Waals surface area contributed by atoms with Gasteiger partial charge in [0.15, 0.2) is 6.29 Å². The maximum Gasteiger partial charge on any atom is 0.336 e. The molecule has 1 aliphatic rings. The predicted molar refractivity (Wildman–Crippen MR) is 118 cm³/mol. The number of benzene rings is 3. The van der Waals surface area contributed by atoms with E-state index in [9.17, 15) is 9.90 Å². The molecule has 3 aromatic carbocycles. The lowest BCUT2D eigenvalue weighted by atomic mass is 10.1. The van der Waals surface area contributed by atoms with Gasteiger partial charge in [-0.3, -0.25) is 4.57 Å². The number of aromatic carboxylic acids is 1. The Balaban J connectivity index is 1.58. The molecule has 2 heterocycles. The lowest BCUT2D eigenvalue weighted by Crippen LogP contribution is -2.24. The van der Waals surface area contributed by atoms with Crippen LogP contribution in [-0.4, -0.2) is 33.5 Å². The van der Waals surface area contributed by atoms with E-state index >= 15 is 0 Å². The molecule has 0 saturated carbocycles. The zero-order valence-corrected chi connectivity index (χ0v) is 16.9. The number of carboxylic acid groups (broad SMARTS) is 1. The molecule has 31 heavy (non-hydrogen) atoms. The number of imidazole rings is 1. The summed E-state index contributed by atoms with van der Waals surface area (Å²) in [5.41, 5.74) is 3.37. The number of nitrogens with zero attached hydrogens (tertiary/aromatic N) is 2. The van der Waals surface area contributed by atoms with Crippen LogP contribution in [0.5, 0.6) is 5.75 Å². The molecule has 6 heteroatoms. The summed E-state index contributed by atoms with van der Waals surface area (Å²) in [7, 11) is 0. The third-order valence-electron chi connectivity index (χ3n) is 5.46. The van der Waals surface area contributed by atoms with Gasteiger partial charge in [0, 0.05) is 17.7 Å². The summed E-state index contributed by atoms with van der Waals surface area (Å²) in [6.07, 6.45) is 2.87. The molecule has 0 aliphatic carbocycles. The summed E-state index contributed by atoms with van der Waals surface area (Å²) in [5.74, 6) is 0.349. The molecule has 6 nitrogen and oxygen atoms in total. The Morgan fingerprint density at radius 2 is 1.77 bits per heavy atom. The normalized spacial score (nSPS) is 16.3. The van der Waals surface area contributed by atoms with Crippen LogP contribution in [0.2, 0.25) is 0 Å². The third kappa shape index (κ3) is 3.78. The van der Waals surface area contributed by atoms with Gasteiger partial charge < -0.3 is 14.6 Å². The molecule has 1 aromatic heterocycles. The SMILES string of the molecule is O=C(O)c1ccccc1-c1nc2ccccc2n1-c1ccc(OC2CCCCO2)cc1. The predicted octanol–water partition coefficient (Wildman–Crippen LogP) is 5.30. The first-order valence-electron chi connectivity index (χ1n) is 10.4. The van der Waals surface area contributed by atoms with Crippen LogP contribution in [0.15, 0.2) is 72.8 Å². The van der Waals surface area contributed by atoms with E-state index in [0.717, 1.165) is 48.3 Å². The number of hydrogen-bond donors (Lipinski definition) is 1. The van der Waals surface area contributed by atoms with E-state index in [1.807, 2.05) is 59.2 Å². The van der Waals surface area contributed by atoms with Crippen molar-refractivity contribution in [3.8, 4) is 22.8 Å². The fraction of sp³-hybridized carbons (Fsp3) is 0.200. The number of hydrogen-bond acceptors (Lipinski definition) is 4.